The molecular formula is C23H19N3O2S. The lowest BCUT2D eigenvalue weighted by Gasteiger charge is -2.28. The maximum absolute atomic E-state index is 13.4. The number of hydrogen-bond donors (Lipinski definition) is 1. The molecule has 0 saturated carbocycles. The van der Waals surface area contributed by atoms with Crippen molar-refractivity contribution in [3.63, 3.8) is 0 Å². The van der Waals surface area contributed by atoms with Gasteiger partial charge in [0, 0.05) is 34.9 Å². The molecule has 3 heterocycles. The van der Waals surface area contributed by atoms with Gasteiger partial charge in [-0.15, -0.1) is 11.3 Å². The van der Waals surface area contributed by atoms with Crippen LogP contribution in [0.3, 0.4) is 0 Å². The first-order valence-corrected chi connectivity index (χ1v) is 10.3. The lowest BCUT2D eigenvalue weighted by molar-refractivity contribution is -0.121. The first-order valence-electron chi connectivity index (χ1n) is 9.47. The van der Waals surface area contributed by atoms with E-state index in [0.717, 1.165) is 27.5 Å². The van der Waals surface area contributed by atoms with Gasteiger partial charge < -0.3 is 10.1 Å². The van der Waals surface area contributed by atoms with E-state index in [9.17, 15) is 4.79 Å². The van der Waals surface area contributed by atoms with Crippen molar-refractivity contribution in [2.24, 2.45) is 0 Å². The van der Waals surface area contributed by atoms with Crippen molar-refractivity contribution in [3.8, 4) is 11.5 Å². The van der Waals surface area contributed by atoms with Gasteiger partial charge in [-0.3, -0.25) is 9.48 Å². The highest BCUT2D eigenvalue weighted by atomic mass is 32.1. The second-order valence-electron chi connectivity index (χ2n) is 6.87. The van der Waals surface area contributed by atoms with Crippen molar-refractivity contribution in [3.05, 3.63) is 101 Å². The molecule has 0 unspecified atom stereocenters. The fourth-order valence-electron chi connectivity index (χ4n) is 3.76. The molecule has 5 rings (SSSR count). The molecule has 4 aromatic rings. The third-order valence-corrected chi connectivity index (χ3v) is 6.10. The van der Waals surface area contributed by atoms with Crippen LogP contribution in [0.25, 0.3) is 0 Å². The lowest BCUT2D eigenvalue weighted by Crippen LogP contribution is -2.36. The quantitative estimate of drug-likeness (QED) is 0.532. The summed E-state index contributed by atoms with van der Waals surface area (Å²) in [6.45, 7) is 0.461. The zero-order chi connectivity index (χ0) is 19.6. The maximum Gasteiger partial charge on any atom is 0.232 e. The molecule has 2 aromatic carbocycles. The molecule has 2 aromatic heterocycles. The van der Waals surface area contributed by atoms with Gasteiger partial charge >= 0.3 is 0 Å². The van der Waals surface area contributed by atoms with Gasteiger partial charge in [-0.1, -0.05) is 42.5 Å². The van der Waals surface area contributed by atoms with Gasteiger partial charge in [0.25, 0.3) is 0 Å². The molecule has 0 aliphatic carbocycles. The van der Waals surface area contributed by atoms with E-state index in [1.165, 1.54) is 0 Å². The number of carbonyl (C=O) groups excluding carboxylic acids is 1. The minimum atomic E-state index is -0.405. The van der Waals surface area contributed by atoms with E-state index in [1.54, 1.807) is 17.5 Å². The molecule has 0 saturated heterocycles. The Kier molecular flexibility index (Phi) is 4.62. The number of thiophene rings is 1. The van der Waals surface area contributed by atoms with Crippen molar-refractivity contribution < 1.29 is 9.53 Å². The van der Waals surface area contributed by atoms with Crippen LogP contribution in [0.2, 0.25) is 0 Å². The maximum atomic E-state index is 13.4. The molecule has 144 valence electrons. The summed E-state index contributed by atoms with van der Waals surface area (Å²) in [5, 5.41) is 9.59. The second kappa shape index (κ2) is 7.56. The van der Waals surface area contributed by atoms with Gasteiger partial charge in [0.2, 0.25) is 5.91 Å². The van der Waals surface area contributed by atoms with E-state index in [-0.39, 0.29) is 11.9 Å². The fourth-order valence-corrected chi connectivity index (χ4v) is 4.58. The summed E-state index contributed by atoms with van der Waals surface area (Å²) in [7, 11) is 0. The molecule has 29 heavy (non-hydrogen) atoms. The van der Waals surface area contributed by atoms with Crippen LogP contribution in [-0.4, -0.2) is 22.2 Å². The number of nitrogens with one attached hydrogen (secondary N) is 1. The number of benzene rings is 2. The number of nitrogens with zero attached hydrogens (tertiary/aromatic N) is 2. The number of carbonyl (C=O) groups is 1. The van der Waals surface area contributed by atoms with Crippen molar-refractivity contribution in [1.82, 2.24) is 15.1 Å². The average Bonchev–Trinajstić information content (AvgIpc) is 3.47. The van der Waals surface area contributed by atoms with E-state index >= 15 is 0 Å². The Morgan fingerprint density at radius 2 is 1.76 bits per heavy atom. The fraction of sp³-hybridized carbons (Fsp3) is 0.130. The van der Waals surface area contributed by atoms with Crippen molar-refractivity contribution in [2.45, 2.75) is 12.0 Å². The number of fused-ring (bicyclic) bond motifs is 2. The van der Waals surface area contributed by atoms with E-state index < -0.39 is 5.92 Å². The molecule has 1 aliphatic rings. The summed E-state index contributed by atoms with van der Waals surface area (Å²) in [6, 6.07) is 21.4. The van der Waals surface area contributed by atoms with Crippen LogP contribution in [0.1, 0.15) is 28.0 Å². The van der Waals surface area contributed by atoms with Crippen LogP contribution in [0.5, 0.6) is 11.5 Å². The third-order valence-electron chi connectivity index (χ3n) is 5.13. The zero-order valence-corrected chi connectivity index (χ0v) is 16.4. The SMILES string of the molecule is O=C(NC[C@@H](c1cccs1)n1cccn1)C1c2ccccc2Oc2ccccc21. The Balaban J connectivity index is 1.44. The highest BCUT2D eigenvalue weighted by Gasteiger charge is 2.32. The van der Waals surface area contributed by atoms with Crippen LogP contribution >= 0.6 is 11.3 Å². The largest absolute Gasteiger partial charge is 0.457 e. The standard InChI is InChI=1S/C23H19N3O2S/c27-23(24-15-18(21-11-5-14-29-21)26-13-6-12-25-26)22-16-7-1-3-9-19(16)28-20-10-4-2-8-17(20)22/h1-14,18,22H,15H2,(H,24,27)/t18-/m0/s1. The van der Waals surface area contributed by atoms with Crippen molar-refractivity contribution in [2.75, 3.05) is 6.54 Å². The smallest absolute Gasteiger partial charge is 0.232 e. The molecule has 1 aliphatic heterocycles. The summed E-state index contributed by atoms with van der Waals surface area (Å²) >= 11 is 1.66. The van der Waals surface area contributed by atoms with E-state index in [4.69, 9.17) is 4.74 Å². The molecule has 1 N–H and O–H groups in total. The summed E-state index contributed by atoms with van der Waals surface area (Å²) in [4.78, 5) is 14.5. The monoisotopic (exact) mass is 401 g/mol. The van der Waals surface area contributed by atoms with Crippen molar-refractivity contribution >= 4 is 17.2 Å². The summed E-state index contributed by atoms with van der Waals surface area (Å²) < 4.78 is 7.90. The Bertz CT molecular complexity index is 1040. The van der Waals surface area contributed by atoms with Crippen molar-refractivity contribution in [1.29, 1.82) is 0 Å². The lowest BCUT2D eigenvalue weighted by atomic mass is 9.87. The molecule has 0 spiro atoms. The Labute approximate surface area is 172 Å². The highest BCUT2D eigenvalue weighted by Crippen LogP contribution is 2.43. The Morgan fingerprint density at radius 3 is 2.38 bits per heavy atom. The number of aromatic nitrogens is 2. The number of amides is 1. The highest BCUT2D eigenvalue weighted by molar-refractivity contribution is 7.10. The van der Waals surface area contributed by atoms with Gasteiger partial charge in [0.05, 0.1) is 5.92 Å². The number of para-hydroxylation sites is 2. The normalized spacial score (nSPS) is 13.8. The zero-order valence-electron chi connectivity index (χ0n) is 15.6. The predicted octanol–water partition coefficient (Wildman–Crippen LogP) is 4.59. The van der Waals surface area contributed by atoms with Gasteiger partial charge in [-0.25, -0.2) is 0 Å². The second-order valence-corrected chi connectivity index (χ2v) is 7.85. The van der Waals surface area contributed by atoms with Gasteiger partial charge in [0.1, 0.15) is 17.5 Å². The molecule has 1 amide bonds. The van der Waals surface area contributed by atoms with Gasteiger partial charge in [-0.2, -0.15) is 5.10 Å². The Morgan fingerprint density at radius 1 is 1.03 bits per heavy atom. The molecular weight excluding hydrogens is 382 g/mol. The number of ether oxygens (including phenoxy) is 1. The third kappa shape index (κ3) is 3.32. The molecule has 0 fully saturated rings. The van der Waals surface area contributed by atoms with Crippen LogP contribution in [0, 0.1) is 0 Å². The van der Waals surface area contributed by atoms with Gasteiger partial charge in [-0.05, 0) is 29.6 Å². The van der Waals surface area contributed by atoms with E-state index in [2.05, 4.69) is 16.5 Å². The summed E-state index contributed by atoms with van der Waals surface area (Å²) in [5.41, 5.74) is 1.77. The predicted molar refractivity (Wildman–Crippen MR) is 112 cm³/mol. The van der Waals surface area contributed by atoms with Crippen LogP contribution in [0.4, 0.5) is 0 Å². The molecule has 5 nitrogen and oxygen atoms in total. The Hall–Kier alpha value is -3.38. The van der Waals surface area contributed by atoms with Crippen LogP contribution < -0.4 is 10.1 Å². The summed E-state index contributed by atoms with van der Waals surface area (Å²) in [6.07, 6.45) is 3.68. The average molecular weight is 401 g/mol. The molecule has 0 radical (unpaired) electrons. The van der Waals surface area contributed by atoms with E-state index in [1.807, 2.05) is 76.9 Å². The van der Waals surface area contributed by atoms with Gasteiger partial charge in [0.15, 0.2) is 0 Å². The van der Waals surface area contributed by atoms with Crippen LogP contribution in [0.15, 0.2) is 84.5 Å². The van der Waals surface area contributed by atoms with Crippen LogP contribution in [-0.2, 0) is 4.79 Å². The first-order chi connectivity index (χ1) is 14.3. The minimum Gasteiger partial charge on any atom is -0.457 e. The molecule has 0 bridgehead atoms. The summed E-state index contributed by atoms with van der Waals surface area (Å²) in [5.74, 6) is 1.01. The molecule has 1 atom stereocenters. The minimum absolute atomic E-state index is 0.0399. The number of rotatable bonds is 5. The number of hydrogen-bond acceptors (Lipinski definition) is 4. The molecule has 6 heteroatoms. The first kappa shape index (κ1) is 17.7. The van der Waals surface area contributed by atoms with E-state index in [0.29, 0.717) is 6.54 Å². The topological polar surface area (TPSA) is 56.2 Å².